The number of benzene rings is 9. The predicted octanol–water partition coefficient (Wildman–Crippen LogP) is 12.5. The number of hydrogen-bond acceptors (Lipinski definition) is 1. The molecular weight excluding hydrogens is 607 g/mol. The second-order valence-corrected chi connectivity index (χ2v) is 13.5. The summed E-state index contributed by atoms with van der Waals surface area (Å²) in [6.07, 6.45) is 0. The molecule has 0 spiro atoms. The van der Waals surface area contributed by atoms with E-state index in [1.54, 1.807) is 0 Å². The maximum atomic E-state index is 5.24. The van der Waals surface area contributed by atoms with E-state index in [2.05, 4.69) is 173 Å². The monoisotopic (exact) mass is 633 g/mol. The first kappa shape index (κ1) is 26.3. The van der Waals surface area contributed by atoms with Crippen LogP contribution in [0.1, 0.15) is 0 Å². The van der Waals surface area contributed by atoms with Crippen LogP contribution in [0.3, 0.4) is 0 Å². The number of rotatable bonds is 1. The second kappa shape index (κ2) is 9.46. The van der Waals surface area contributed by atoms with Gasteiger partial charge in [-0.05, 0) is 97.0 Å². The number of hydrogen-bond donors (Lipinski definition) is 0. The molecule has 9 aromatic carbocycles. The smallest absolute Gasteiger partial charge is 0.146 e. The Kier molecular flexibility index (Phi) is 4.97. The van der Waals surface area contributed by atoms with Gasteiger partial charge in [-0.15, -0.1) is 0 Å². The molecule has 12 aromatic rings. The van der Waals surface area contributed by atoms with E-state index in [0.29, 0.717) is 0 Å². The molecule has 0 saturated heterocycles. The molecule has 50 heavy (non-hydrogen) atoms. The Morgan fingerprint density at radius 1 is 0.340 bits per heavy atom. The van der Waals surface area contributed by atoms with Crippen LogP contribution in [0.5, 0.6) is 0 Å². The van der Waals surface area contributed by atoms with Crippen LogP contribution in [0.4, 0.5) is 0 Å². The largest absolute Gasteiger partial charge is 0.309 e. The highest BCUT2D eigenvalue weighted by Gasteiger charge is 2.20. The maximum absolute atomic E-state index is 5.24. The van der Waals surface area contributed by atoms with Gasteiger partial charge in [-0.25, -0.2) is 4.98 Å². The van der Waals surface area contributed by atoms with Gasteiger partial charge in [0, 0.05) is 27.2 Å². The number of para-hydroxylation sites is 3. The quantitative estimate of drug-likeness (QED) is 0.165. The lowest BCUT2D eigenvalue weighted by atomic mass is 9.93. The first-order valence-corrected chi connectivity index (χ1v) is 17.2. The Bertz CT molecular complexity index is 3440. The summed E-state index contributed by atoms with van der Waals surface area (Å²) >= 11 is 0. The van der Waals surface area contributed by atoms with Gasteiger partial charge in [0.15, 0.2) is 0 Å². The van der Waals surface area contributed by atoms with Crippen LogP contribution in [0.2, 0.25) is 0 Å². The van der Waals surface area contributed by atoms with Crippen LogP contribution in [0.15, 0.2) is 164 Å². The molecule has 0 N–H and O–H groups in total. The molecule has 0 aliphatic carbocycles. The predicted molar refractivity (Wildman–Crippen MR) is 212 cm³/mol. The Morgan fingerprint density at radius 2 is 0.940 bits per heavy atom. The maximum Gasteiger partial charge on any atom is 0.146 e. The molecule has 3 heterocycles. The van der Waals surface area contributed by atoms with Crippen molar-refractivity contribution in [3.05, 3.63) is 164 Å². The van der Waals surface area contributed by atoms with Crippen molar-refractivity contribution in [3.63, 3.8) is 0 Å². The van der Waals surface area contributed by atoms with E-state index in [1.807, 2.05) is 0 Å². The van der Waals surface area contributed by atoms with Gasteiger partial charge in [-0.3, -0.25) is 4.40 Å². The van der Waals surface area contributed by atoms with E-state index in [9.17, 15) is 0 Å². The first-order chi connectivity index (χ1) is 24.8. The molecular formula is C47H27N3. The van der Waals surface area contributed by atoms with Gasteiger partial charge in [-0.1, -0.05) is 115 Å². The molecule has 0 saturated carbocycles. The van der Waals surface area contributed by atoms with Gasteiger partial charge in [0.2, 0.25) is 0 Å². The molecule has 230 valence electrons. The third-order valence-corrected chi connectivity index (χ3v) is 11.0. The number of nitrogens with zero attached hydrogens (tertiary/aromatic N) is 3. The topological polar surface area (TPSA) is 22.2 Å². The van der Waals surface area contributed by atoms with Crippen molar-refractivity contribution in [2.45, 2.75) is 0 Å². The molecule has 0 bridgehead atoms. The lowest BCUT2D eigenvalue weighted by Gasteiger charge is -2.14. The Morgan fingerprint density at radius 3 is 1.72 bits per heavy atom. The van der Waals surface area contributed by atoms with Crippen molar-refractivity contribution in [3.8, 4) is 5.69 Å². The molecule has 0 aliphatic heterocycles. The molecule has 3 aromatic heterocycles. The van der Waals surface area contributed by atoms with Crippen molar-refractivity contribution >= 4 is 103 Å². The summed E-state index contributed by atoms with van der Waals surface area (Å²) in [6, 6.07) is 60.1. The summed E-state index contributed by atoms with van der Waals surface area (Å²) in [5.74, 6) is 0. The van der Waals surface area contributed by atoms with Crippen LogP contribution in [-0.4, -0.2) is 14.0 Å². The summed E-state index contributed by atoms with van der Waals surface area (Å²) < 4.78 is 4.81. The van der Waals surface area contributed by atoms with E-state index in [0.717, 1.165) is 27.8 Å². The van der Waals surface area contributed by atoms with Crippen LogP contribution in [-0.2, 0) is 0 Å². The fourth-order valence-corrected chi connectivity index (χ4v) is 8.90. The lowest BCUT2D eigenvalue weighted by molar-refractivity contribution is 1.19. The van der Waals surface area contributed by atoms with E-state index < -0.39 is 0 Å². The highest BCUT2D eigenvalue weighted by molar-refractivity contribution is 6.31. The first-order valence-electron chi connectivity index (χ1n) is 17.2. The van der Waals surface area contributed by atoms with Crippen LogP contribution >= 0.6 is 0 Å². The minimum Gasteiger partial charge on any atom is -0.309 e. The summed E-state index contributed by atoms with van der Waals surface area (Å²) in [5.41, 5.74) is 7.81. The minimum absolute atomic E-state index is 0.982. The SMILES string of the molecule is c1ccc2c(c1)ccc1c2c2cc3c4ccccc4c4ccccc4c3cc2n1-c1ccc2c3ccccc3n3c4ccccc4nc3c2c1. The third kappa shape index (κ3) is 3.31. The molecule has 0 aliphatic rings. The zero-order valence-electron chi connectivity index (χ0n) is 26.9. The normalized spacial score (nSPS) is 12.4. The molecule has 0 fully saturated rings. The van der Waals surface area contributed by atoms with Crippen molar-refractivity contribution < 1.29 is 0 Å². The van der Waals surface area contributed by atoms with Gasteiger partial charge < -0.3 is 4.57 Å². The van der Waals surface area contributed by atoms with Gasteiger partial charge in [-0.2, -0.15) is 0 Å². The zero-order valence-corrected chi connectivity index (χ0v) is 26.9. The van der Waals surface area contributed by atoms with Gasteiger partial charge in [0.1, 0.15) is 5.65 Å². The van der Waals surface area contributed by atoms with Gasteiger partial charge >= 0.3 is 0 Å². The highest BCUT2D eigenvalue weighted by atomic mass is 15.0. The standard InChI is InChI=1S/C47H27N3/c1-2-12-30-28(11-1)21-24-44-46(30)40-26-37-33-15-5-3-13-31(33)32-14-4-6-16-34(32)38(37)27-45(40)49(44)29-22-23-35-36-17-7-9-19-42(36)50-43-20-10-8-18-41(43)48-47(50)39(35)25-29/h1-27H. The number of pyridine rings is 1. The molecule has 3 nitrogen and oxygen atoms in total. The molecule has 0 radical (unpaired) electrons. The third-order valence-electron chi connectivity index (χ3n) is 11.0. The van der Waals surface area contributed by atoms with Crippen molar-refractivity contribution in [1.29, 1.82) is 0 Å². The molecule has 12 rings (SSSR count). The van der Waals surface area contributed by atoms with Crippen molar-refractivity contribution in [2.24, 2.45) is 0 Å². The zero-order chi connectivity index (χ0) is 32.5. The van der Waals surface area contributed by atoms with E-state index in [-0.39, 0.29) is 0 Å². The van der Waals surface area contributed by atoms with Gasteiger partial charge in [0.25, 0.3) is 0 Å². The second-order valence-electron chi connectivity index (χ2n) is 13.5. The fourth-order valence-electron chi connectivity index (χ4n) is 8.90. The van der Waals surface area contributed by atoms with Crippen LogP contribution in [0.25, 0.3) is 109 Å². The number of aromatic nitrogens is 3. The Hall–Kier alpha value is -6.71. The fraction of sp³-hybridized carbons (Fsp3) is 0. The summed E-state index contributed by atoms with van der Waals surface area (Å²) in [5, 5.41) is 16.3. The van der Waals surface area contributed by atoms with Gasteiger partial charge in [0.05, 0.1) is 27.6 Å². The number of imidazole rings is 1. The Labute approximate surface area is 285 Å². The summed E-state index contributed by atoms with van der Waals surface area (Å²) in [4.78, 5) is 5.24. The van der Waals surface area contributed by atoms with Crippen molar-refractivity contribution in [2.75, 3.05) is 0 Å². The average Bonchev–Trinajstić information content (AvgIpc) is 3.74. The number of fused-ring (bicyclic) bond motifs is 19. The Balaban J connectivity index is 1.29. The molecule has 0 atom stereocenters. The summed E-state index contributed by atoms with van der Waals surface area (Å²) in [6.45, 7) is 0. The van der Waals surface area contributed by atoms with E-state index in [4.69, 9.17) is 4.98 Å². The summed E-state index contributed by atoms with van der Waals surface area (Å²) in [7, 11) is 0. The molecule has 0 unspecified atom stereocenters. The lowest BCUT2D eigenvalue weighted by Crippen LogP contribution is -1.96. The molecule has 0 amide bonds. The van der Waals surface area contributed by atoms with Crippen LogP contribution < -0.4 is 0 Å². The highest BCUT2D eigenvalue weighted by Crippen LogP contribution is 2.43. The van der Waals surface area contributed by atoms with E-state index in [1.165, 1.54) is 81.2 Å². The average molecular weight is 634 g/mol. The van der Waals surface area contributed by atoms with E-state index >= 15 is 0 Å². The molecule has 3 heteroatoms. The van der Waals surface area contributed by atoms with Crippen LogP contribution in [0, 0.1) is 0 Å². The minimum atomic E-state index is 0.982. The van der Waals surface area contributed by atoms with Crippen molar-refractivity contribution in [1.82, 2.24) is 14.0 Å².